The maximum atomic E-state index is 10.7. The van der Waals surface area contributed by atoms with Crippen LogP contribution in [0.1, 0.15) is 19.8 Å². The molecule has 0 amide bonds. The molecule has 0 aromatic rings. The van der Waals surface area contributed by atoms with Gasteiger partial charge in [-0.2, -0.15) is 0 Å². The van der Waals surface area contributed by atoms with Crippen molar-refractivity contribution in [2.45, 2.75) is 25.8 Å². The van der Waals surface area contributed by atoms with Crippen molar-refractivity contribution < 1.29 is 9.53 Å². The topological polar surface area (TPSA) is 38.3 Å². The summed E-state index contributed by atoms with van der Waals surface area (Å²) in [5, 5.41) is 3.02. The van der Waals surface area contributed by atoms with Crippen LogP contribution in [0.5, 0.6) is 0 Å². The van der Waals surface area contributed by atoms with Crippen LogP contribution in [-0.2, 0) is 9.53 Å². The third-order valence-corrected chi connectivity index (χ3v) is 1.54. The van der Waals surface area contributed by atoms with Crippen LogP contribution in [0.4, 0.5) is 0 Å². The van der Waals surface area contributed by atoms with Crippen LogP contribution in [0.25, 0.3) is 0 Å². The van der Waals surface area contributed by atoms with E-state index in [2.05, 4.69) is 10.1 Å². The highest BCUT2D eigenvalue weighted by atomic mass is 16.5. The van der Waals surface area contributed by atoms with Gasteiger partial charge in [0.05, 0.1) is 13.5 Å². The molecule has 0 saturated carbocycles. The van der Waals surface area contributed by atoms with Gasteiger partial charge in [0.2, 0.25) is 0 Å². The number of rotatable bonds is 4. The molecule has 0 rings (SSSR count). The molecule has 3 nitrogen and oxygen atoms in total. The minimum absolute atomic E-state index is 0.152. The zero-order chi connectivity index (χ0) is 7.98. The van der Waals surface area contributed by atoms with Crippen LogP contribution in [-0.4, -0.2) is 26.2 Å². The fourth-order valence-electron chi connectivity index (χ4n) is 0.735. The molecule has 0 aliphatic rings. The van der Waals surface area contributed by atoms with E-state index < -0.39 is 0 Å². The van der Waals surface area contributed by atoms with E-state index in [-0.39, 0.29) is 12.0 Å². The zero-order valence-electron chi connectivity index (χ0n) is 6.81. The number of hydrogen-bond acceptors (Lipinski definition) is 3. The first-order chi connectivity index (χ1) is 4.74. The van der Waals surface area contributed by atoms with Crippen LogP contribution < -0.4 is 5.32 Å². The zero-order valence-corrected chi connectivity index (χ0v) is 6.81. The molecule has 0 spiro atoms. The molecule has 3 heteroatoms. The predicted octanol–water partition coefficient (Wildman–Crippen LogP) is 0.547. The third kappa shape index (κ3) is 3.45. The summed E-state index contributed by atoms with van der Waals surface area (Å²) in [7, 11) is 3.25. The standard InChI is InChI=1S/C7H15NO2/c1-4-6(8-2)5-7(9)10-3/h6,8H,4-5H2,1-3H3/t6-/m0/s1. The lowest BCUT2D eigenvalue weighted by Gasteiger charge is -2.10. The van der Waals surface area contributed by atoms with E-state index in [1.165, 1.54) is 7.11 Å². The second kappa shape index (κ2) is 5.23. The first kappa shape index (κ1) is 9.43. The largest absolute Gasteiger partial charge is 0.469 e. The fourth-order valence-corrected chi connectivity index (χ4v) is 0.735. The third-order valence-electron chi connectivity index (χ3n) is 1.54. The van der Waals surface area contributed by atoms with Crippen molar-refractivity contribution in [1.82, 2.24) is 5.32 Å². The maximum absolute atomic E-state index is 10.7. The van der Waals surface area contributed by atoms with Gasteiger partial charge >= 0.3 is 5.97 Å². The highest BCUT2D eigenvalue weighted by Gasteiger charge is 2.08. The van der Waals surface area contributed by atoms with Crippen LogP contribution in [0.2, 0.25) is 0 Å². The Morgan fingerprint density at radius 2 is 2.30 bits per heavy atom. The van der Waals surface area contributed by atoms with Gasteiger partial charge in [-0.1, -0.05) is 6.92 Å². The summed E-state index contributed by atoms with van der Waals surface area (Å²) in [6, 6.07) is 0.257. The Kier molecular flexibility index (Phi) is 4.94. The molecule has 10 heavy (non-hydrogen) atoms. The molecule has 0 aliphatic heterocycles. The van der Waals surface area contributed by atoms with Gasteiger partial charge in [0, 0.05) is 6.04 Å². The lowest BCUT2D eigenvalue weighted by Crippen LogP contribution is -2.27. The molecular formula is C7H15NO2. The van der Waals surface area contributed by atoms with Crippen molar-refractivity contribution in [2.24, 2.45) is 0 Å². The van der Waals surface area contributed by atoms with Crippen molar-refractivity contribution in [3.8, 4) is 0 Å². The Bertz CT molecular complexity index is 99.8. The predicted molar refractivity (Wildman–Crippen MR) is 39.8 cm³/mol. The van der Waals surface area contributed by atoms with Gasteiger partial charge in [-0.05, 0) is 13.5 Å². The summed E-state index contributed by atoms with van der Waals surface area (Å²) in [4.78, 5) is 10.7. The fraction of sp³-hybridized carbons (Fsp3) is 0.857. The number of methoxy groups -OCH3 is 1. The van der Waals surface area contributed by atoms with Gasteiger partial charge in [0.1, 0.15) is 0 Å². The van der Waals surface area contributed by atoms with Crippen molar-refractivity contribution in [2.75, 3.05) is 14.2 Å². The lowest BCUT2D eigenvalue weighted by molar-refractivity contribution is -0.141. The van der Waals surface area contributed by atoms with Gasteiger partial charge in [-0.25, -0.2) is 0 Å². The molecule has 0 aromatic heterocycles. The molecule has 0 unspecified atom stereocenters. The van der Waals surface area contributed by atoms with Crippen molar-refractivity contribution >= 4 is 5.97 Å². The number of nitrogens with one attached hydrogen (secondary N) is 1. The highest BCUT2D eigenvalue weighted by molar-refractivity contribution is 5.69. The van der Waals surface area contributed by atoms with E-state index in [0.717, 1.165) is 6.42 Å². The van der Waals surface area contributed by atoms with Gasteiger partial charge < -0.3 is 10.1 Å². The van der Waals surface area contributed by atoms with Gasteiger partial charge in [-0.15, -0.1) is 0 Å². The van der Waals surface area contributed by atoms with Crippen LogP contribution in [0, 0.1) is 0 Å². The maximum Gasteiger partial charge on any atom is 0.307 e. The van der Waals surface area contributed by atoms with Crippen LogP contribution >= 0.6 is 0 Å². The highest BCUT2D eigenvalue weighted by Crippen LogP contribution is 1.97. The Morgan fingerprint density at radius 1 is 1.70 bits per heavy atom. The number of esters is 1. The van der Waals surface area contributed by atoms with E-state index in [1.54, 1.807) is 0 Å². The number of carbonyl (C=O) groups excluding carboxylic acids is 1. The number of ether oxygens (including phenoxy) is 1. The Balaban J connectivity index is 3.52. The number of carbonyl (C=O) groups is 1. The van der Waals surface area contributed by atoms with Crippen molar-refractivity contribution in [3.05, 3.63) is 0 Å². The summed E-state index contributed by atoms with van der Waals surface area (Å²) in [6.07, 6.45) is 1.41. The smallest absolute Gasteiger partial charge is 0.307 e. The SMILES string of the molecule is CC[C@@H](CC(=O)OC)NC. The summed E-state index contributed by atoms with van der Waals surface area (Å²) in [5.41, 5.74) is 0. The second-order valence-electron chi connectivity index (χ2n) is 2.17. The van der Waals surface area contributed by atoms with Crippen molar-refractivity contribution in [3.63, 3.8) is 0 Å². The first-order valence-electron chi connectivity index (χ1n) is 3.48. The summed E-state index contributed by atoms with van der Waals surface area (Å²) in [5.74, 6) is -0.152. The molecule has 0 bridgehead atoms. The van der Waals surface area contributed by atoms with Gasteiger partial charge in [0.25, 0.3) is 0 Å². The molecule has 0 aliphatic carbocycles. The molecular weight excluding hydrogens is 130 g/mol. The number of hydrogen-bond donors (Lipinski definition) is 1. The Morgan fingerprint density at radius 3 is 2.60 bits per heavy atom. The minimum Gasteiger partial charge on any atom is -0.469 e. The molecule has 60 valence electrons. The van der Waals surface area contributed by atoms with Crippen LogP contribution in [0.3, 0.4) is 0 Å². The molecule has 0 radical (unpaired) electrons. The average Bonchev–Trinajstić information content (AvgIpc) is 1.99. The van der Waals surface area contributed by atoms with E-state index in [0.29, 0.717) is 6.42 Å². The summed E-state index contributed by atoms with van der Waals surface area (Å²) in [6.45, 7) is 2.03. The quantitative estimate of drug-likeness (QED) is 0.587. The second-order valence-corrected chi connectivity index (χ2v) is 2.17. The van der Waals surface area contributed by atoms with E-state index in [1.807, 2.05) is 14.0 Å². The van der Waals surface area contributed by atoms with E-state index in [4.69, 9.17) is 0 Å². The first-order valence-corrected chi connectivity index (χ1v) is 3.48. The van der Waals surface area contributed by atoms with E-state index >= 15 is 0 Å². The average molecular weight is 145 g/mol. The van der Waals surface area contributed by atoms with Gasteiger partial charge in [-0.3, -0.25) is 4.79 Å². The molecule has 1 atom stereocenters. The molecule has 0 aromatic carbocycles. The van der Waals surface area contributed by atoms with Gasteiger partial charge in [0.15, 0.2) is 0 Å². The summed E-state index contributed by atoms with van der Waals surface area (Å²) < 4.78 is 4.51. The Hall–Kier alpha value is -0.570. The molecule has 1 N–H and O–H groups in total. The molecule has 0 saturated heterocycles. The minimum atomic E-state index is -0.152. The normalized spacial score (nSPS) is 12.7. The summed E-state index contributed by atoms with van der Waals surface area (Å²) >= 11 is 0. The van der Waals surface area contributed by atoms with Crippen molar-refractivity contribution in [1.29, 1.82) is 0 Å². The molecule has 0 fully saturated rings. The van der Waals surface area contributed by atoms with Crippen LogP contribution in [0.15, 0.2) is 0 Å². The monoisotopic (exact) mass is 145 g/mol. The van der Waals surface area contributed by atoms with E-state index in [9.17, 15) is 4.79 Å². The Labute approximate surface area is 61.8 Å². The lowest BCUT2D eigenvalue weighted by atomic mass is 10.1. The molecule has 0 heterocycles.